The zero-order chi connectivity index (χ0) is 23.0. The largest absolute Gasteiger partial charge is 0.433 e. The van der Waals surface area contributed by atoms with Gasteiger partial charge < -0.3 is 5.32 Å². The van der Waals surface area contributed by atoms with Crippen molar-refractivity contribution in [2.75, 3.05) is 6.54 Å². The van der Waals surface area contributed by atoms with Crippen LogP contribution in [0.4, 0.5) is 26.3 Å². The molecule has 1 aromatic heterocycles. The molecule has 0 atom stereocenters. The number of carbonyl (C=O) groups excluding carboxylic acids is 1. The van der Waals surface area contributed by atoms with Gasteiger partial charge >= 0.3 is 12.4 Å². The van der Waals surface area contributed by atoms with Gasteiger partial charge in [0.25, 0.3) is 5.91 Å². The summed E-state index contributed by atoms with van der Waals surface area (Å²) in [5.41, 5.74) is -2.52. The Bertz CT molecular complexity index is 1080. The molecule has 0 spiro atoms. The van der Waals surface area contributed by atoms with Crippen LogP contribution in [0.1, 0.15) is 34.5 Å². The van der Waals surface area contributed by atoms with E-state index in [1.54, 1.807) is 0 Å². The lowest BCUT2D eigenvalue weighted by Gasteiger charge is -2.35. The lowest BCUT2D eigenvalue weighted by Crippen LogP contribution is -2.42. The molecule has 5 nitrogen and oxygen atoms in total. The molecule has 0 saturated heterocycles. The van der Waals surface area contributed by atoms with Gasteiger partial charge in [-0.05, 0) is 49.1 Å². The van der Waals surface area contributed by atoms with Crippen LogP contribution in [0.15, 0.2) is 47.5 Å². The molecule has 1 amide bonds. The van der Waals surface area contributed by atoms with Crippen LogP contribution in [-0.2, 0) is 22.2 Å². The summed E-state index contributed by atoms with van der Waals surface area (Å²) < 4.78 is 102. The fraction of sp³-hybridized carbons (Fsp3) is 0.368. The van der Waals surface area contributed by atoms with Gasteiger partial charge in [-0.1, -0.05) is 6.07 Å². The van der Waals surface area contributed by atoms with E-state index >= 15 is 0 Å². The zero-order valence-electron chi connectivity index (χ0n) is 15.7. The fourth-order valence-corrected chi connectivity index (χ4v) is 5.20. The predicted octanol–water partition coefficient (Wildman–Crippen LogP) is 4.10. The highest BCUT2D eigenvalue weighted by molar-refractivity contribution is 7.92. The van der Waals surface area contributed by atoms with Gasteiger partial charge in [-0.3, -0.25) is 9.78 Å². The van der Waals surface area contributed by atoms with Crippen LogP contribution in [0.3, 0.4) is 0 Å². The van der Waals surface area contributed by atoms with Crippen molar-refractivity contribution in [1.29, 1.82) is 0 Å². The number of rotatable bonds is 5. The number of hydrogen-bond donors (Lipinski definition) is 1. The van der Waals surface area contributed by atoms with E-state index in [1.165, 1.54) is 0 Å². The smallest absolute Gasteiger partial charge is 0.352 e. The van der Waals surface area contributed by atoms with Crippen LogP contribution in [-0.4, -0.2) is 31.1 Å². The maximum Gasteiger partial charge on any atom is 0.433 e. The number of alkyl halides is 6. The first kappa shape index (κ1) is 23.0. The Morgan fingerprint density at radius 1 is 1.03 bits per heavy atom. The van der Waals surface area contributed by atoms with Crippen LogP contribution < -0.4 is 5.32 Å². The molecule has 1 heterocycles. The number of nitrogens with zero attached hydrogens (tertiary/aromatic N) is 1. The second-order valence-electron chi connectivity index (χ2n) is 7.17. The Labute approximate surface area is 173 Å². The van der Waals surface area contributed by atoms with Crippen LogP contribution in [0.25, 0.3) is 0 Å². The summed E-state index contributed by atoms with van der Waals surface area (Å²) in [6.07, 6.45) is -8.28. The second-order valence-corrected chi connectivity index (χ2v) is 9.40. The summed E-state index contributed by atoms with van der Waals surface area (Å²) >= 11 is 0. The van der Waals surface area contributed by atoms with E-state index in [1.807, 2.05) is 0 Å². The molecule has 1 aliphatic rings. The van der Waals surface area contributed by atoms with E-state index in [2.05, 4.69) is 10.3 Å². The number of amides is 1. The molecular formula is C19H16F6N2O3S. The van der Waals surface area contributed by atoms with Crippen LogP contribution >= 0.6 is 0 Å². The lowest BCUT2D eigenvalue weighted by atomic mass is 9.85. The van der Waals surface area contributed by atoms with Gasteiger partial charge in [0.2, 0.25) is 0 Å². The molecule has 31 heavy (non-hydrogen) atoms. The second kappa shape index (κ2) is 8.13. The lowest BCUT2D eigenvalue weighted by molar-refractivity contribution is -0.141. The summed E-state index contributed by atoms with van der Waals surface area (Å²) in [4.78, 5) is 14.8. The normalized spacial score (nSPS) is 19.5. The highest BCUT2D eigenvalue weighted by Crippen LogP contribution is 2.38. The van der Waals surface area contributed by atoms with Crippen LogP contribution in [0, 0.1) is 5.92 Å². The van der Waals surface area contributed by atoms with Crippen molar-refractivity contribution in [2.45, 2.75) is 35.3 Å². The zero-order valence-corrected chi connectivity index (χ0v) is 16.5. The molecule has 1 aliphatic carbocycles. The first-order chi connectivity index (χ1) is 14.3. The van der Waals surface area contributed by atoms with Gasteiger partial charge in [-0.2, -0.15) is 26.3 Å². The van der Waals surface area contributed by atoms with E-state index in [9.17, 15) is 39.6 Å². The number of halogens is 6. The van der Waals surface area contributed by atoms with Gasteiger partial charge in [0.05, 0.1) is 15.7 Å². The number of benzene rings is 1. The fourth-order valence-electron chi connectivity index (χ4n) is 3.20. The van der Waals surface area contributed by atoms with Crippen LogP contribution in [0.2, 0.25) is 0 Å². The predicted molar refractivity (Wildman–Crippen MR) is 96.7 cm³/mol. The molecule has 0 aliphatic heterocycles. The molecule has 168 valence electrons. The van der Waals surface area contributed by atoms with Gasteiger partial charge in [0, 0.05) is 18.3 Å². The van der Waals surface area contributed by atoms with Crippen molar-refractivity contribution in [1.82, 2.24) is 10.3 Å². The van der Waals surface area contributed by atoms with Gasteiger partial charge in [-0.15, -0.1) is 0 Å². The van der Waals surface area contributed by atoms with E-state index in [-0.39, 0.29) is 30.9 Å². The minimum Gasteiger partial charge on any atom is -0.352 e. The number of aromatic nitrogens is 1. The average Bonchev–Trinajstić information content (AvgIpc) is 2.65. The Balaban J connectivity index is 1.58. The third-order valence-corrected chi connectivity index (χ3v) is 7.16. The van der Waals surface area contributed by atoms with Gasteiger partial charge in [0.1, 0.15) is 5.69 Å². The topological polar surface area (TPSA) is 76.1 Å². The molecule has 0 radical (unpaired) electrons. The Hall–Kier alpha value is -2.63. The third kappa shape index (κ3) is 5.17. The Morgan fingerprint density at radius 3 is 2.32 bits per heavy atom. The summed E-state index contributed by atoms with van der Waals surface area (Å²) in [5, 5.41) is 1.55. The molecule has 2 aromatic rings. The van der Waals surface area contributed by atoms with Crippen LogP contribution in [0.5, 0.6) is 0 Å². The molecule has 12 heteroatoms. The summed E-state index contributed by atoms with van der Waals surface area (Å²) in [5.74, 6) is -1.03. The van der Waals surface area contributed by atoms with Crippen molar-refractivity contribution >= 4 is 15.7 Å². The standard InChI is InChI=1S/C19H16F6N2O3S/c20-18(21,22)13-2-1-3-14(9-13)31(29,30)15-6-11(7-15)10-27-17(28)12-4-5-26-16(8-12)19(23,24)25/h1-5,8-9,11,15H,6-7,10H2,(H,27,28). The molecule has 1 N–H and O–H groups in total. The van der Waals surface area contributed by atoms with Gasteiger partial charge in [0.15, 0.2) is 9.84 Å². The van der Waals surface area contributed by atoms with Gasteiger partial charge in [-0.25, -0.2) is 8.42 Å². The number of nitrogens with one attached hydrogen (secondary N) is 1. The summed E-state index contributed by atoms with van der Waals surface area (Å²) in [7, 11) is -3.98. The number of sulfone groups is 1. The molecule has 0 bridgehead atoms. The minimum absolute atomic E-state index is 0.0249. The third-order valence-electron chi connectivity index (χ3n) is 4.99. The first-order valence-corrected chi connectivity index (χ1v) is 10.6. The molecule has 0 unspecified atom stereocenters. The van der Waals surface area contributed by atoms with Crippen molar-refractivity contribution in [3.63, 3.8) is 0 Å². The van der Waals surface area contributed by atoms with Crippen molar-refractivity contribution < 1.29 is 39.6 Å². The molecule has 1 aromatic carbocycles. The quantitative estimate of drug-likeness (QED) is 0.674. The average molecular weight is 466 g/mol. The maximum atomic E-state index is 12.8. The Morgan fingerprint density at radius 2 is 1.71 bits per heavy atom. The highest BCUT2D eigenvalue weighted by Gasteiger charge is 2.41. The molecule has 1 fully saturated rings. The Kier molecular flexibility index (Phi) is 6.05. The maximum absolute atomic E-state index is 12.8. The summed E-state index contributed by atoms with van der Waals surface area (Å²) in [6, 6.07) is 5.22. The van der Waals surface area contributed by atoms with E-state index < -0.39 is 49.5 Å². The number of carbonyl (C=O) groups is 1. The highest BCUT2D eigenvalue weighted by atomic mass is 32.2. The van der Waals surface area contributed by atoms with Crippen molar-refractivity contribution in [3.05, 3.63) is 59.4 Å². The molecule has 1 saturated carbocycles. The monoisotopic (exact) mass is 466 g/mol. The van der Waals surface area contributed by atoms with Crippen molar-refractivity contribution in [3.8, 4) is 0 Å². The summed E-state index contributed by atoms with van der Waals surface area (Å²) in [6.45, 7) is 0.0249. The van der Waals surface area contributed by atoms with E-state index in [4.69, 9.17) is 0 Å². The van der Waals surface area contributed by atoms with E-state index in [0.717, 1.165) is 30.5 Å². The first-order valence-electron chi connectivity index (χ1n) is 9.01. The minimum atomic E-state index is -4.70. The number of pyridine rings is 1. The SMILES string of the molecule is O=C(NCC1CC(S(=O)(=O)c2cccc(C(F)(F)F)c2)C1)c1ccnc(C(F)(F)F)c1. The van der Waals surface area contributed by atoms with Crippen molar-refractivity contribution in [2.24, 2.45) is 5.92 Å². The molecular weight excluding hydrogens is 450 g/mol. The number of hydrogen-bond acceptors (Lipinski definition) is 4. The van der Waals surface area contributed by atoms with E-state index in [0.29, 0.717) is 12.1 Å². The molecule has 3 rings (SSSR count).